The number of nitrogens with two attached hydrogens (primary N) is 1. The van der Waals surface area contributed by atoms with Crippen LogP contribution in [0.4, 0.5) is 5.82 Å². The molecule has 2 aromatic heterocycles. The largest absolute Gasteiger partial charge is 0.392 e. The predicted molar refractivity (Wildman–Crippen MR) is 83.8 cm³/mol. The zero-order valence-electron chi connectivity index (χ0n) is 11.8. The summed E-state index contributed by atoms with van der Waals surface area (Å²) in [6, 6.07) is 1.75. The maximum Gasteiger partial charge on any atom is 0.226 e. The lowest BCUT2D eigenvalue weighted by atomic mass is 9.96. The predicted octanol–water partition coefficient (Wildman–Crippen LogP) is -0.728. The van der Waals surface area contributed by atoms with Crippen LogP contribution < -0.4 is 5.73 Å². The molecule has 9 heteroatoms. The summed E-state index contributed by atoms with van der Waals surface area (Å²) < 4.78 is 7.53. The molecule has 7 nitrogen and oxygen atoms in total. The number of nitrogen functional groups attached to an aromatic ring is 1. The number of aliphatic hydroxyl groups is 2. The number of ether oxygens (including phenoxy) is 1. The van der Waals surface area contributed by atoms with Gasteiger partial charge in [0.1, 0.15) is 23.8 Å². The van der Waals surface area contributed by atoms with E-state index in [1.165, 1.54) is 0 Å². The first kappa shape index (κ1) is 15.1. The Bertz CT molecular complexity index is 787. The monoisotopic (exact) mass is 320 g/mol. The fourth-order valence-electron chi connectivity index (χ4n) is 2.69. The molecular weight excluding hydrogens is 306 g/mol. The second-order valence-corrected chi connectivity index (χ2v) is 5.42. The Kier molecular flexibility index (Phi) is 3.74. The highest BCUT2D eigenvalue weighted by Crippen LogP contribution is 2.38. The zero-order chi connectivity index (χ0) is 15.9. The second kappa shape index (κ2) is 5.45. The molecule has 3 rings (SSSR count). The number of hydrogen-bond acceptors (Lipinski definition) is 6. The highest BCUT2D eigenvalue weighted by atomic mass is 35.5. The van der Waals surface area contributed by atoms with E-state index >= 15 is 0 Å². The van der Waals surface area contributed by atoms with Crippen molar-refractivity contribution in [2.75, 3.05) is 12.3 Å². The van der Waals surface area contributed by atoms with Crippen LogP contribution in [0.2, 0.25) is 5.28 Å². The Balaban J connectivity index is 2.04. The van der Waals surface area contributed by atoms with Crippen molar-refractivity contribution < 1.29 is 14.9 Å². The van der Waals surface area contributed by atoms with Crippen molar-refractivity contribution in [2.24, 2.45) is 0 Å². The number of nitrogens with zero attached hydrogens (tertiary/aromatic N) is 3. The van der Waals surface area contributed by atoms with Crippen LogP contribution in [0.25, 0.3) is 11.0 Å². The van der Waals surface area contributed by atoms with Gasteiger partial charge in [-0.2, -0.15) is 10.8 Å². The molecule has 0 saturated carbocycles. The molecule has 22 heavy (non-hydrogen) atoms. The van der Waals surface area contributed by atoms with Gasteiger partial charge in [0.05, 0.1) is 12.0 Å². The van der Waals surface area contributed by atoms with Gasteiger partial charge in [-0.3, -0.25) is 0 Å². The first-order chi connectivity index (χ1) is 10.5. The lowest BCUT2D eigenvalue weighted by Crippen LogP contribution is -2.41. The Hall–Kier alpha value is -1.79. The van der Waals surface area contributed by atoms with E-state index in [0.29, 0.717) is 11.0 Å². The average molecular weight is 321 g/mol. The Labute approximate surface area is 132 Å². The van der Waals surface area contributed by atoms with Gasteiger partial charge in [0.25, 0.3) is 0 Å². The number of fused-ring (bicyclic) bond motifs is 1. The summed E-state index contributed by atoms with van der Waals surface area (Å²) in [6.07, 6.45) is 0.546. The topological polar surface area (TPSA) is 106 Å². The van der Waals surface area contributed by atoms with Crippen molar-refractivity contribution in [1.29, 1.82) is 0 Å². The molecular formula is C13H14BClN4O3. The van der Waals surface area contributed by atoms with Crippen LogP contribution in [-0.2, 0) is 4.74 Å². The molecule has 1 fully saturated rings. The van der Waals surface area contributed by atoms with Gasteiger partial charge in [0, 0.05) is 12.6 Å². The number of anilines is 1. The van der Waals surface area contributed by atoms with Gasteiger partial charge >= 0.3 is 0 Å². The molecule has 1 aliphatic rings. The van der Waals surface area contributed by atoms with E-state index in [2.05, 4.69) is 21.7 Å². The van der Waals surface area contributed by atoms with Crippen LogP contribution in [0.3, 0.4) is 0 Å². The van der Waals surface area contributed by atoms with Gasteiger partial charge < -0.3 is 25.3 Å². The summed E-state index contributed by atoms with van der Waals surface area (Å²) >= 11 is 5.85. The van der Waals surface area contributed by atoms with Gasteiger partial charge in [0.2, 0.25) is 5.28 Å². The van der Waals surface area contributed by atoms with E-state index < -0.39 is 24.5 Å². The van der Waals surface area contributed by atoms with Crippen molar-refractivity contribution in [1.82, 2.24) is 14.5 Å². The van der Waals surface area contributed by atoms with Gasteiger partial charge in [-0.05, 0) is 17.7 Å². The molecule has 0 radical (unpaired) electrons. The molecule has 1 saturated heterocycles. The second-order valence-electron chi connectivity index (χ2n) is 5.08. The molecule has 4 N–H and O–H groups in total. The molecule has 114 valence electrons. The minimum absolute atomic E-state index is 0.0327. The van der Waals surface area contributed by atoms with Crippen LogP contribution in [0, 0.1) is 11.7 Å². The quantitative estimate of drug-likeness (QED) is 0.383. The maximum absolute atomic E-state index is 10.2. The van der Waals surface area contributed by atoms with Crippen LogP contribution in [-0.4, -0.2) is 50.9 Å². The third-order valence-corrected chi connectivity index (χ3v) is 3.93. The first-order valence-corrected chi connectivity index (χ1v) is 7.09. The molecule has 1 aliphatic heterocycles. The molecule has 0 spiro atoms. The van der Waals surface area contributed by atoms with E-state index in [9.17, 15) is 10.2 Å². The van der Waals surface area contributed by atoms with Crippen molar-refractivity contribution in [2.45, 2.75) is 24.4 Å². The fourth-order valence-corrected chi connectivity index (χ4v) is 2.86. The number of hydrogen-bond donors (Lipinski definition) is 3. The highest BCUT2D eigenvalue weighted by molar-refractivity contribution is 6.28. The standard InChI is InChI=1S/C13H14BClN4O3/c14-3-2-13(6-20)8(21)5-9(22-13)19-4-1-7-10(16)17-12(15)18-11(7)19/h1,4,8-9,20-21H,5-6,14H2,(H2,16,17,18)/t8-,9+,13+/m0/s1. The minimum atomic E-state index is -1.29. The molecule has 0 amide bonds. The summed E-state index contributed by atoms with van der Waals surface area (Å²) in [4.78, 5) is 8.06. The third kappa shape index (κ3) is 2.23. The fraction of sp³-hybridized carbons (Fsp3) is 0.385. The number of aliphatic hydroxyl groups excluding tert-OH is 2. The van der Waals surface area contributed by atoms with E-state index in [1.54, 1.807) is 24.7 Å². The molecule has 2 aromatic rings. The summed E-state index contributed by atoms with van der Waals surface area (Å²) in [5, 5.41) is 20.5. The number of halogens is 1. The van der Waals surface area contributed by atoms with Crippen molar-refractivity contribution in [3.8, 4) is 11.7 Å². The van der Waals surface area contributed by atoms with Crippen molar-refractivity contribution in [3.63, 3.8) is 0 Å². The Morgan fingerprint density at radius 1 is 1.59 bits per heavy atom. The molecule has 0 bridgehead atoms. The molecule has 3 atom stereocenters. The third-order valence-electron chi connectivity index (χ3n) is 3.77. The van der Waals surface area contributed by atoms with Crippen LogP contribution in [0.1, 0.15) is 12.6 Å². The molecule has 0 aliphatic carbocycles. The lowest BCUT2D eigenvalue weighted by Gasteiger charge is -2.24. The highest BCUT2D eigenvalue weighted by Gasteiger charge is 2.47. The zero-order valence-corrected chi connectivity index (χ0v) is 12.6. The number of aromatic nitrogens is 3. The summed E-state index contributed by atoms with van der Waals surface area (Å²) in [5.41, 5.74) is 5.04. The maximum atomic E-state index is 10.2. The SMILES string of the molecule is BC#C[C@]1(CO)O[C@@H](n2ccc3c(N)nc(Cl)nc32)C[C@@H]1O. The van der Waals surface area contributed by atoms with Crippen LogP contribution in [0.15, 0.2) is 12.3 Å². The van der Waals surface area contributed by atoms with E-state index in [-0.39, 0.29) is 17.5 Å². The first-order valence-electron chi connectivity index (χ1n) is 6.71. The average Bonchev–Trinajstić information content (AvgIpc) is 3.02. The van der Waals surface area contributed by atoms with E-state index in [1.807, 2.05) is 0 Å². The smallest absolute Gasteiger partial charge is 0.226 e. The van der Waals surface area contributed by atoms with E-state index in [4.69, 9.17) is 22.1 Å². The Morgan fingerprint density at radius 2 is 2.36 bits per heavy atom. The Morgan fingerprint density at radius 3 is 3.05 bits per heavy atom. The normalized spacial score (nSPS) is 27.8. The van der Waals surface area contributed by atoms with Gasteiger partial charge in [-0.15, -0.1) is 0 Å². The van der Waals surface area contributed by atoms with Crippen LogP contribution in [0.5, 0.6) is 0 Å². The number of rotatable bonds is 2. The molecule has 0 unspecified atom stereocenters. The minimum Gasteiger partial charge on any atom is -0.392 e. The van der Waals surface area contributed by atoms with Gasteiger partial charge in [-0.25, -0.2) is 4.98 Å². The molecule has 3 heterocycles. The van der Waals surface area contributed by atoms with Crippen LogP contribution >= 0.6 is 11.6 Å². The summed E-state index contributed by atoms with van der Waals surface area (Å²) in [6.45, 7) is -0.400. The van der Waals surface area contributed by atoms with E-state index in [0.717, 1.165) is 0 Å². The summed E-state index contributed by atoms with van der Waals surface area (Å²) in [7, 11) is 1.62. The van der Waals surface area contributed by atoms with Crippen molar-refractivity contribution in [3.05, 3.63) is 17.5 Å². The van der Waals surface area contributed by atoms with Crippen molar-refractivity contribution >= 4 is 36.3 Å². The summed E-state index contributed by atoms with van der Waals surface area (Å²) in [5.74, 6) is 5.71. The van der Waals surface area contributed by atoms with Gasteiger partial charge in [-0.1, -0.05) is 5.92 Å². The molecule has 0 aromatic carbocycles. The van der Waals surface area contributed by atoms with Gasteiger partial charge in [0.15, 0.2) is 13.4 Å². The lowest BCUT2D eigenvalue weighted by molar-refractivity contribution is -0.0890.